The van der Waals surface area contributed by atoms with Crippen molar-refractivity contribution in [2.45, 2.75) is 18.9 Å². The van der Waals surface area contributed by atoms with E-state index in [1.807, 2.05) is 16.8 Å². The van der Waals surface area contributed by atoms with E-state index in [9.17, 15) is 4.79 Å². The lowest BCUT2D eigenvalue weighted by molar-refractivity contribution is 0.0595. The molecule has 0 bridgehead atoms. The van der Waals surface area contributed by atoms with E-state index in [0.717, 1.165) is 41.5 Å². The summed E-state index contributed by atoms with van der Waals surface area (Å²) in [5.41, 5.74) is 2.42. The van der Waals surface area contributed by atoms with Crippen molar-refractivity contribution in [3.8, 4) is 0 Å². The summed E-state index contributed by atoms with van der Waals surface area (Å²) in [5, 5.41) is 0.974. The lowest BCUT2D eigenvalue weighted by atomic mass is 10.1. The SMILES string of the molecule is O=c1[nH]c2cnc3[nH]ccc3c2n1C1CCCOC1. The topological polar surface area (TPSA) is 75.7 Å². The van der Waals surface area contributed by atoms with Crippen LogP contribution in [-0.4, -0.2) is 32.7 Å². The van der Waals surface area contributed by atoms with E-state index >= 15 is 0 Å². The molecule has 2 N–H and O–H groups in total. The number of hydrogen-bond acceptors (Lipinski definition) is 3. The van der Waals surface area contributed by atoms with Crippen molar-refractivity contribution in [2.24, 2.45) is 0 Å². The minimum atomic E-state index is -0.0824. The number of H-pyrrole nitrogens is 2. The average molecular weight is 258 g/mol. The quantitative estimate of drug-likeness (QED) is 0.695. The second-order valence-electron chi connectivity index (χ2n) is 4.93. The standard InChI is InChI=1S/C13H14N4O2/c18-13-16-10-6-15-12-9(3-4-14-12)11(10)17(13)8-2-1-5-19-7-8/h3-4,6,8H,1-2,5,7H2,(H,14,15)(H,16,18). The first-order chi connectivity index (χ1) is 9.34. The minimum Gasteiger partial charge on any atom is -0.379 e. The molecule has 0 amide bonds. The molecule has 1 saturated heterocycles. The predicted molar refractivity (Wildman–Crippen MR) is 71.3 cm³/mol. The molecule has 0 radical (unpaired) electrons. The van der Waals surface area contributed by atoms with Gasteiger partial charge in [-0.25, -0.2) is 9.78 Å². The maximum absolute atomic E-state index is 12.2. The first kappa shape index (κ1) is 10.8. The van der Waals surface area contributed by atoms with Crippen molar-refractivity contribution in [1.29, 1.82) is 0 Å². The molecule has 0 saturated carbocycles. The first-order valence-electron chi connectivity index (χ1n) is 6.48. The van der Waals surface area contributed by atoms with Crippen molar-refractivity contribution in [1.82, 2.24) is 19.5 Å². The Morgan fingerprint density at radius 3 is 3.26 bits per heavy atom. The highest BCUT2D eigenvalue weighted by Gasteiger charge is 2.21. The van der Waals surface area contributed by atoms with Crippen LogP contribution in [0.5, 0.6) is 0 Å². The monoisotopic (exact) mass is 258 g/mol. The van der Waals surface area contributed by atoms with Gasteiger partial charge in [0, 0.05) is 18.2 Å². The number of hydrogen-bond donors (Lipinski definition) is 2. The fraction of sp³-hybridized carbons (Fsp3) is 0.385. The molecule has 6 nitrogen and oxygen atoms in total. The highest BCUT2D eigenvalue weighted by atomic mass is 16.5. The van der Waals surface area contributed by atoms with Gasteiger partial charge in [-0.15, -0.1) is 0 Å². The Bertz CT molecular complexity index is 792. The van der Waals surface area contributed by atoms with Gasteiger partial charge in [0.25, 0.3) is 0 Å². The number of imidazole rings is 1. The van der Waals surface area contributed by atoms with Crippen molar-refractivity contribution < 1.29 is 4.74 Å². The summed E-state index contributed by atoms with van der Waals surface area (Å²) < 4.78 is 7.33. The number of nitrogens with zero attached hydrogens (tertiary/aromatic N) is 2. The van der Waals surface area contributed by atoms with Gasteiger partial charge < -0.3 is 14.7 Å². The second-order valence-corrected chi connectivity index (χ2v) is 4.93. The zero-order valence-corrected chi connectivity index (χ0v) is 10.3. The maximum Gasteiger partial charge on any atom is 0.326 e. The number of aromatic nitrogens is 4. The lowest BCUT2D eigenvalue weighted by Gasteiger charge is -2.23. The molecule has 98 valence electrons. The molecule has 1 fully saturated rings. The van der Waals surface area contributed by atoms with Gasteiger partial charge in [-0.1, -0.05) is 0 Å². The van der Waals surface area contributed by atoms with Crippen LogP contribution in [0, 0.1) is 0 Å². The second kappa shape index (κ2) is 3.96. The molecule has 4 heterocycles. The summed E-state index contributed by atoms with van der Waals surface area (Å²) in [6.45, 7) is 1.38. The lowest BCUT2D eigenvalue weighted by Crippen LogP contribution is -2.28. The van der Waals surface area contributed by atoms with Gasteiger partial charge in [-0.3, -0.25) is 4.57 Å². The summed E-state index contributed by atoms with van der Waals surface area (Å²) in [6.07, 6.45) is 5.51. The maximum atomic E-state index is 12.2. The van der Waals surface area contributed by atoms with E-state index in [1.54, 1.807) is 6.20 Å². The number of ether oxygens (including phenoxy) is 1. The van der Waals surface area contributed by atoms with E-state index in [1.165, 1.54) is 0 Å². The first-order valence-corrected chi connectivity index (χ1v) is 6.48. The van der Waals surface area contributed by atoms with Crippen molar-refractivity contribution in [3.63, 3.8) is 0 Å². The molecule has 1 aliphatic rings. The summed E-state index contributed by atoms with van der Waals surface area (Å²) in [5.74, 6) is 0. The van der Waals surface area contributed by atoms with Crippen LogP contribution in [0.15, 0.2) is 23.3 Å². The van der Waals surface area contributed by atoms with Gasteiger partial charge >= 0.3 is 5.69 Å². The zero-order valence-electron chi connectivity index (χ0n) is 10.3. The molecule has 0 aliphatic carbocycles. The van der Waals surface area contributed by atoms with E-state index in [-0.39, 0.29) is 11.7 Å². The third kappa shape index (κ3) is 1.53. The van der Waals surface area contributed by atoms with Crippen LogP contribution in [0.2, 0.25) is 0 Å². The molecule has 0 spiro atoms. The van der Waals surface area contributed by atoms with E-state index in [0.29, 0.717) is 6.61 Å². The Kier molecular flexibility index (Phi) is 2.25. The minimum absolute atomic E-state index is 0.0824. The van der Waals surface area contributed by atoms with Crippen molar-refractivity contribution >= 4 is 22.1 Å². The molecule has 1 aliphatic heterocycles. The number of aromatic amines is 2. The van der Waals surface area contributed by atoms with Crippen LogP contribution in [0.3, 0.4) is 0 Å². The number of fused-ring (bicyclic) bond motifs is 3. The smallest absolute Gasteiger partial charge is 0.326 e. The van der Waals surface area contributed by atoms with Crippen LogP contribution in [0.1, 0.15) is 18.9 Å². The molecule has 3 aromatic rings. The highest BCUT2D eigenvalue weighted by Crippen LogP contribution is 2.26. The van der Waals surface area contributed by atoms with Gasteiger partial charge in [0.15, 0.2) is 0 Å². The molecule has 0 aromatic carbocycles. The van der Waals surface area contributed by atoms with Crippen molar-refractivity contribution in [3.05, 3.63) is 28.9 Å². The summed E-state index contributed by atoms with van der Waals surface area (Å²) in [4.78, 5) is 22.5. The zero-order chi connectivity index (χ0) is 12.8. The van der Waals surface area contributed by atoms with E-state index in [2.05, 4.69) is 15.0 Å². The Balaban J connectivity index is 2.04. The van der Waals surface area contributed by atoms with Gasteiger partial charge in [-0.05, 0) is 18.9 Å². The molecule has 3 aromatic heterocycles. The van der Waals surface area contributed by atoms with Crippen molar-refractivity contribution in [2.75, 3.05) is 13.2 Å². The Labute approximate surface area is 108 Å². The fourth-order valence-corrected chi connectivity index (χ4v) is 2.90. The summed E-state index contributed by atoms with van der Waals surface area (Å²) in [6, 6.07) is 2.06. The molecule has 4 rings (SSSR count). The molecular formula is C13H14N4O2. The predicted octanol–water partition coefficient (Wildman–Crippen LogP) is 1.56. The fourth-order valence-electron chi connectivity index (χ4n) is 2.90. The normalized spacial score (nSPS) is 20.3. The van der Waals surface area contributed by atoms with Crippen LogP contribution < -0.4 is 5.69 Å². The largest absolute Gasteiger partial charge is 0.379 e. The number of pyridine rings is 1. The number of rotatable bonds is 1. The average Bonchev–Trinajstić information content (AvgIpc) is 3.02. The summed E-state index contributed by atoms with van der Waals surface area (Å²) >= 11 is 0. The molecule has 19 heavy (non-hydrogen) atoms. The van der Waals surface area contributed by atoms with Gasteiger partial charge in [0.1, 0.15) is 5.65 Å². The molecule has 6 heteroatoms. The Hall–Kier alpha value is -2.08. The number of nitrogens with one attached hydrogen (secondary N) is 2. The van der Waals surface area contributed by atoms with Crippen LogP contribution in [-0.2, 0) is 4.74 Å². The highest BCUT2D eigenvalue weighted by molar-refractivity contribution is 6.00. The van der Waals surface area contributed by atoms with Crippen LogP contribution in [0.4, 0.5) is 0 Å². The molecular weight excluding hydrogens is 244 g/mol. The Morgan fingerprint density at radius 1 is 1.47 bits per heavy atom. The molecule has 1 unspecified atom stereocenters. The third-order valence-electron chi connectivity index (χ3n) is 3.76. The van der Waals surface area contributed by atoms with Gasteiger partial charge in [0.2, 0.25) is 0 Å². The Morgan fingerprint density at radius 2 is 2.42 bits per heavy atom. The van der Waals surface area contributed by atoms with Gasteiger partial charge in [-0.2, -0.15) is 0 Å². The van der Waals surface area contributed by atoms with Crippen LogP contribution >= 0.6 is 0 Å². The van der Waals surface area contributed by atoms with E-state index in [4.69, 9.17) is 4.74 Å². The van der Waals surface area contributed by atoms with Gasteiger partial charge in [0.05, 0.1) is 29.9 Å². The molecule has 1 atom stereocenters. The third-order valence-corrected chi connectivity index (χ3v) is 3.76. The van der Waals surface area contributed by atoms with E-state index < -0.39 is 0 Å². The van der Waals surface area contributed by atoms with Crippen LogP contribution in [0.25, 0.3) is 22.1 Å². The summed E-state index contributed by atoms with van der Waals surface area (Å²) in [7, 11) is 0.